The molecule has 0 aliphatic carbocycles. The predicted molar refractivity (Wildman–Crippen MR) is 76.4 cm³/mol. The molecule has 1 heterocycles. The zero-order valence-corrected chi connectivity index (χ0v) is 11.7. The number of halogens is 1. The summed E-state index contributed by atoms with van der Waals surface area (Å²) in [4.78, 5) is 8.35. The summed E-state index contributed by atoms with van der Waals surface area (Å²) in [5.41, 5.74) is 6.95. The van der Waals surface area contributed by atoms with Crippen molar-refractivity contribution >= 4 is 33.1 Å². The number of benzene rings is 1. The van der Waals surface area contributed by atoms with Gasteiger partial charge in [0.2, 0.25) is 5.88 Å². The molecule has 18 heavy (non-hydrogen) atoms. The third-order valence-electron chi connectivity index (χ3n) is 2.21. The number of aromatic nitrogens is 2. The van der Waals surface area contributed by atoms with Gasteiger partial charge in [0.1, 0.15) is 17.3 Å². The summed E-state index contributed by atoms with van der Waals surface area (Å²) in [6.45, 7) is 0.419. The van der Waals surface area contributed by atoms with Crippen molar-refractivity contribution in [3.63, 3.8) is 0 Å². The summed E-state index contributed by atoms with van der Waals surface area (Å²) in [5.74, 6) is 0.436. The van der Waals surface area contributed by atoms with Crippen LogP contribution in [0.5, 0.6) is 5.88 Å². The summed E-state index contributed by atoms with van der Waals surface area (Å²) in [5, 5.41) is 0. The molecule has 0 saturated heterocycles. The standard InChI is InChI=1S/C12H10BrN3OS/c13-9-4-2-1-3-8(9)7-17-11-6-15-10(5-16-11)12(14)18/h1-6H,7H2,(H2,14,18). The van der Waals surface area contributed by atoms with Gasteiger partial charge in [0.15, 0.2) is 0 Å². The first-order chi connectivity index (χ1) is 8.66. The Morgan fingerprint density at radius 2 is 2.06 bits per heavy atom. The Hall–Kier alpha value is -1.53. The summed E-state index contributed by atoms with van der Waals surface area (Å²) >= 11 is 8.24. The molecular weight excluding hydrogens is 314 g/mol. The average molecular weight is 324 g/mol. The van der Waals surface area contributed by atoms with E-state index < -0.39 is 0 Å². The van der Waals surface area contributed by atoms with Gasteiger partial charge < -0.3 is 10.5 Å². The lowest BCUT2D eigenvalue weighted by molar-refractivity contribution is 0.291. The molecule has 0 radical (unpaired) electrons. The zero-order valence-electron chi connectivity index (χ0n) is 9.34. The third kappa shape index (κ3) is 3.24. The second-order valence-corrected chi connectivity index (χ2v) is 4.78. The lowest BCUT2D eigenvalue weighted by Crippen LogP contribution is -2.12. The average Bonchev–Trinajstić information content (AvgIpc) is 2.38. The maximum absolute atomic E-state index is 5.52. The minimum absolute atomic E-state index is 0.222. The van der Waals surface area contributed by atoms with Crippen LogP contribution in [0.15, 0.2) is 41.1 Å². The van der Waals surface area contributed by atoms with Crippen molar-refractivity contribution in [2.45, 2.75) is 6.61 Å². The van der Waals surface area contributed by atoms with Crippen molar-refractivity contribution in [2.24, 2.45) is 5.73 Å². The Balaban J connectivity index is 2.02. The SMILES string of the molecule is NC(=S)c1cnc(OCc2ccccc2Br)cn1. The van der Waals surface area contributed by atoms with Gasteiger partial charge in [-0.05, 0) is 6.07 Å². The minimum atomic E-state index is 0.222. The second-order valence-electron chi connectivity index (χ2n) is 3.48. The van der Waals surface area contributed by atoms with Crippen LogP contribution in [0.3, 0.4) is 0 Å². The lowest BCUT2D eigenvalue weighted by atomic mass is 10.2. The maximum Gasteiger partial charge on any atom is 0.232 e. The van der Waals surface area contributed by atoms with Gasteiger partial charge in [-0.1, -0.05) is 46.3 Å². The van der Waals surface area contributed by atoms with E-state index in [9.17, 15) is 0 Å². The van der Waals surface area contributed by atoms with Gasteiger partial charge in [0.05, 0.1) is 12.4 Å². The molecule has 0 fully saturated rings. The van der Waals surface area contributed by atoms with Crippen molar-refractivity contribution in [3.8, 4) is 5.88 Å². The lowest BCUT2D eigenvalue weighted by Gasteiger charge is -2.06. The van der Waals surface area contributed by atoms with Crippen molar-refractivity contribution in [1.29, 1.82) is 0 Å². The molecule has 2 aromatic rings. The van der Waals surface area contributed by atoms with Gasteiger partial charge in [-0.2, -0.15) is 0 Å². The van der Waals surface area contributed by atoms with E-state index in [1.54, 1.807) is 0 Å². The fourth-order valence-electron chi connectivity index (χ4n) is 1.29. The molecule has 92 valence electrons. The molecule has 0 atom stereocenters. The highest BCUT2D eigenvalue weighted by molar-refractivity contribution is 9.10. The Morgan fingerprint density at radius 1 is 1.28 bits per heavy atom. The number of nitrogens with zero attached hydrogens (tertiary/aromatic N) is 2. The second kappa shape index (κ2) is 5.88. The molecule has 0 aliphatic heterocycles. The van der Waals surface area contributed by atoms with Crippen LogP contribution in [0.2, 0.25) is 0 Å². The molecule has 0 aliphatic rings. The van der Waals surface area contributed by atoms with Crippen LogP contribution in [0.1, 0.15) is 11.3 Å². The number of nitrogens with two attached hydrogens (primary N) is 1. The molecule has 0 amide bonds. The first kappa shape index (κ1) is 12.9. The fraction of sp³-hybridized carbons (Fsp3) is 0.0833. The van der Waals surface area contributed by atoms with E-state index in [2.05, 4.69) is 25.9 Å². The molecule has 0 bridgehead atoms. The number of thiocarbonyl (C=S) groups is 1. The number of rotatable bonds is 4. The molecule has 2 rings (SSSR count). The van der Waals surface area contributed by atoms with Crippen LogP contribution in [0, 0.1) is 0 Å². The minimum Gasteiger partial charge on any atom is -0.472 e. The highest BCUT2D eigenvalue weighted by Crippen LogP contribution is 2.17. The first-order valence-electron chi connectivity index (χ1n) is 5.15. The van der Waals surface area contributed by atoms with Gasteiger partial charge >= 0.3 is 0 Å². The van der Waals surface area contributed by atoms with Gasteiger partial charge in [-0.3, -0.25) is 0 Å². The van der Waals surface area contributed by atoms with E-state index in [-0.39, 0.29) is 4.99 Å². The molecule has 6 heteroatoms. The van der Waals surface area contributed by atoms with E-state index >= 15 is 0 Å². The largest absolute Gasteiger partial charge is 0.472 e. The molecule has 0 saturated carbocycles. The molecular formula is C12H10BrN3OS. The van der Waals surface area contributed by atoms with Crippen LogP contribution in [-0.4, -0.2) is 15.0 Å². The maximum atomic E-state index is 5.52. The van der Waals surface area contributed by atoms with Crippen molar-refractivity contribution in [1.82, 2.24) is 9.97 Å². The van der Waals surface area contributed by atoms with E-state index in [0.717, 1.165) is 10.0 Å². The Kier molecular flexibility index (Phi) is 4.22. The van der Waals surface area contributed by atoms with Crippen molar-refractivity contribution in [3.05, 3.63) is 52.4 Å². The predicted octanol–water partition coefficient (Wildman–Crippen LogP) is 2.45. The van der Waals surface area contributed by atoms with Crippen LogP contribution >= 0.6 is 28.1 Å². The summed E-state index contributed by atoms with van der Waals surface area (Å²) in [7, 11) is 0. The molecule has 2 N–H and O–H groups in total. The van der Waals surface area contributed by atoms with Crippen LogP contribution < -0.4 is 10.5 Å². The van der Waals surface area contributed by atoms with Gasteiger partial charge in [-0.15, -0.1) is 0 Å². The molecule has 0 unspecified atom stereocenters. The summed E-state index contributed by atoms with van der Waals surface area (Å²) < 4.78 is 6.52. The van der Waals surface area contributed by atoms with E-state index in [1.165, 1.54) is 12.4 Å². The fourth-order valence-corrected chi connectivity index (χ4v) is 1.79. The zero-order chi connectivity index (χ0) is 13.0. The van der Waals surface area contributed by atoms with E-state index in [4.69, 9.17) is 22.7 Å². The van der Waals surface area contributed by atoms with Crippen LogP contribution in [0.4, 0.5) is 0 Å². The van der Waals surface area contributed by atoms with Gasteiger partial charge in [0.25, 0.3) is 0 Å². The topological polar surface area (TPSA) is 61.0 Å². The molecule has 4 nitrogen and oxygen atoms in total. The normalized spacial score (nSPS) is 10.1. The monoisotopic (exact) mass is 323 g/mol. The number of ether oxygens (including phenoxy) is 1. The molecule has 1 aromatic heterocycles. The summed E-state index contributed by atoms with van der Waals surface area (Å²) in [6.07, 6.45) is 3.00. The van der Waals surface area contributed by atoms with Crippen molar-refractivity contribution in [2.75, 3.05) is 0 Å². The van der Waals surface area contributed by atoms with E-state index in [1.807, 2.05) is 24.3 Å². The smallest absolute Gasteiger partial charge is 0.232 e. The van der Waals surface area contributed by atoms with Gasteiger partial charge in [-0.25, -0.2) is 9.97 Å². The Morgan fingerprint density at radius 3 is 2.67 bits per heavy atom. The number of hydrogen-bond donors (Lipinski definition) is 1. The third-order valence-corrected chi connectivity index (χ3v) is 3.20. The molecule has 0 spiro atoms. The Labute approximate surface area is 118 Å². The number of hydrogen-bond acceptors (Lipinski definition) is 4. The quantitative estimate of drug-likeness (QED) is 0.876. The summed E-state index contributed by atoms with van der Waals surface area (Å²) in [6, 6.07) is 7.83. The molecule has 1 aromatic carbocycles. The van der Waals surface area contributed by atoms with Crippen LogP contribution in [0.25, 0.3) is 0 Å². The highest BCUT2D eigenvalue weighted by atomic mass is 79.9. The first-order valence-corrected chi connectivity index (χ1v) is 6.35. The van der Waals surface area contributed by atoms with E-state index in [0.29, 0.717) is 18.2 Å². The highest BCUT2D eigenvalue weighted by Gasteiger charge is 2.03. The Bertz CT molecular complexity index is 560. The van der Waals surface area contributed by atoms with Gasteiger partial charge in [0, 0.05) is 10.0 Å². The van der Waals surface area contributed by atoms with Crippen molar-refractivity contribution < 1.29 is 4.74 Å². The van der Waals surface area contributed by atoms with Crippen LogP contribution in [-0.2, 0) is 6.61 Å².